The van der Waals surface area contributed by atoms with E-state index < -0.39 is 16.1 Å². The quantitative estimate of drug-likeness (QED) is 0.801. The van der Waals surface area contributed by atoms with E-state index in [9.17, 15) is 13.5 Å². The molecular formula is C15H23NO3S. The van der Waals surface area contributed by atoms with Crippen LogP contribution in [-0.2, 0) is 10.0 Å². The van der Waals surface area contributed by atoms with Gasteiger partial charge < -0.3 is 5.11 Å². The van der Waals surface area contributed by atoms with Crippen LogP contribution in [0.4, 0.5) is 5.69 Å². The van der Waals surface area contributed by atoms with Gasteiger partial charge in [-0.1, -0.05) is 38.0 Å². The van der Waals surface area contributed by atoms with Gasteiger partial charge in [0, 0.05) is 0 Å². The summed E-state index contributed by atoms with van der Waals surface area (Å²) in [6.45, 7) is 1.98. The molecule has 1 aliphatic rings. The molecule has 20 heavy (non-hydrogen) atoms. The molecule has 112 valence electrons. The molecule has 0 radical (unpaired) electrons. The predicted molar refractivity (Wildman–Crippen MR) is 81.2 cm³/mol. The van der Waals surface area contributed by atoms with Crippen LogP contribution >= 0.6 is 0 Å². The Bertz CT molecular complexity index is 511. The smallest absolute Gasteiger partial charge is 0.235 e. The molecule has 0 spiro atoms. The SMILES string of the molecule is CCC(O)CN(c1ccccc1)S(=O)(=O)CCC1CC1. The Kier molecular flexibility index (Phi) is 5.05. The second-order valence-electron chi connectivity index (χ2n) is 5.48. The third-order valence-corrected chi connectivity index (χ3v) is 5.49. The molecule has 1 N–H and O–H groups in total. The van der Waals surface area contributed by atoms with Gasteiger partial charge in [0.05, 0.1) is 24.1 Å². The van der Waals surface area contributed by atoms with E-state index in [0.29, 0.717) is 18.0 Å². The Labute approximate surface area is 121 Å². The first-order valence-electron chi connectivity index (χ1n) is 7.26. The van der Waals surface area contributed by atoms with E-state index in [1.165, 1.54) is 4.31 Å². The fourth-order valence-electron chi connectivity index (χ4n) is 2.13. The van der Waals surface area contributed by atoms with E-state index in [0.717, 1.165) is 19.3 Å². The summed E-state index contributed by atoms with van der Waals surface area (Å²) in [5, 5.41) is 9.84. The molecule has 1 aromatic carbocycles. The molecule has 5 heteroatoms. The number of hydrogen-bond acceptors (Lipinski definition) is 3. The van der Waals surface area contributed by atoms with Gasteiger partial charge in [-0.05, 0) is 30.9 Å². The van der Waals surface area contributed by atoms with Crippen LogP contribution in [0.2, 0.25) is 0 Å². The lowest BCUT2D eigenvalue weighted by Crippen LogP contribution is -2.39. The number of para-hydroxylation sites is 1. The van der Waals surface area contributed by atoms with E-state index in [1.807, 2.05) is 25.1 Å². The third-order valence-electron chi connectivity index (χ3n) is 3.71. The minimum Gasteiger partial charge on any atom is -0.391 e. The van der Waals surface area contributed by atoms with Gasteiger partial charge in [0.25, 0.3) is 0 Å². The van der Waals surface area contributed by atoms with E-state index in [2.05, 4.69) is 0 Å². The molecule has 1 aromatic rings. The second-order valence-corrected chi connectivity index (χ2v) is 7.49. The number of anilines is 1. The zero-order chi connectivity index (χ0) is 14.6. The van der Waals surface area contributed by atoms with Crippen LogP contribution in [0.5, 0.6) is 0 Å². The van der Waals surface area contributed by atoms with E-state index in [4.69, 9.17) is 0 Å². The Hall–Kier alpha value is -1.07. The first kappa shape index (κ1) is 15.3. The van der Waals surface area contributed by atoms with Gasteiger partial charge in [0.15, 0.2) is 0 Å². The molecule has 1 fully saturated rings. The second kappa shape index (κ2) is 6.59. The topological polar surface area (TPSA) is 57.6 Å². The maximum absolute atomic E-state index is 12.5. The summed E-state index contributed by atoms with van der Waals surface area (Å²) in [6.07, 6.45) is 2.94. The van der Waals surface area contributed by atoms with Gasteiger partial charge in [0.1, 0.15) is 0 Å². The summed E-state index contributed by atoms with van der Waals surface area (Å²) in [5.74, 6) is 0.752. The fraction of sp³-hybridized carbons (Fsp3) is 0.600. The van der Waals surface area contributed by atoms with Crippen molar-refractivity contribution in [1.82, 2.24) is 0 Å². The summed E-state index contributed by atoms with van der Waals surface area (Å²) >= 11 is 0. The molecule has 1 atom stereocenters. The molecule has 4 nitrogen and oxygen atoms in total. The molecule has 1 saturated carbocycles. The normalized spacial score (nSPS) is 16.9. The Morgan fingerprint density at radius 1 is 1.30 bits per heavy atom. The van der Waals surface area contributed by atoms with Crippen LogP contribution in [0.25, 0.3) is 0 Å². The van der Waals surface area contributed by atoms with Gasteiger partial charge in [-0.15, -0.1) is 0 Å². The number of rotatable bonds is 8. The van der Waals surface area contributed by atoms with E-state index >= 15 is 0 Å². The van der Waals surface area contributed by atoms with Crippen molar-refractivity contribution < 1.29 is 13.5 Å². The number of nitrogens with zero attached hydrogens (tertiary/aromatic N) is 1. The number of sulfonamides is 1. The standard InChI is InChI=1S/C15H23NO3S/c1-2-15(17)12-16(14-6-4-3-5-7-14)20(18,19)11-10-13-8-9-13/h3-7,13,15,17H,2,8-12H2,1H3. The summed E-state index contributed by atoms with van der Waals surface area (Å²) < 4.78 is 26.4. The van der Waals surface area contributed by atoms with Gasteiger partial charge in [0.2, 0.25) is 10.0 Å². The number of aliphatic hydroxyl groups is 1. The molecule has 0 bridgehead atoms. The van der Waals surface area contributed by atoms with Crippen molar-refractivity contribution in [1.29, 1.82) is 0 Å². The van der Waals surface area contributed by atoms with Crippen molar-refractivity contribution in [2.24, 2.45) is 5.92 Å². The van der Waals surface area contributed by atoms with Crippen molar-refractivity contribution in [2.75, 3.05) is 16.6 Å². The number of aliphatic hydroxyl groups excluding tert-OH is 1. The van der Waals surface area contributed by atoms with Crippen molar-refractivity contribution in [3.05, 3.63) is 30.3 Å². The summed E-state index contributed by atoms with van der Waals surface area (Å²) in [5.41, 5.74) is 0.635. The molecule has 0 aromatic heterocycles. The highest BCUT2D eigenvalue weighted by atomic mass is 32.2. The minimum atomic E-state index is -3.36. The summed E-state index contributed by atoms with van der Waals surface area (Å²) in [7, 11) is -3.36. The van der Waals surface area contributed by atoms with Crippen molar-refractivity contribution in [2.45, 2.75) is 38.7 Å². The maximum Gasteiger partial charge on any atom is 0.235 e. The lowest BCUT2D eigenvalue weighted by Gasteiger charge is -2.26. The molecule has 0 aliphatic heterocycles. The van der Waals surface area contributed by atoms with E-state index in [-0.39, 0.29) is 12.3 Å². The average Bonchev–Trinajstić information content (AvgIpc) is 3.27. The first-order valence-corrected chi connectivity index (χ1v) is 8.87. The minimum absolute atomic E-state index is 0.132. The molecule has 1 aliphatic carbocycles. The molecule has 1 unspecified atom stereocenters. The highest BCUT2D eigenvalue weighted by Gasteiger charge is 2.28. The molecule has 2 rings (SSSR count). The van der Waals surface area contributed by atoms with Crippen LogP contribution in [0.3, 0.4) is 0 Å². The number of benzene rings is 1. The van der Waals surface area contributed by atoms with Crippen LogP contribution < -0.4 is 4.31 Å². The highest BCUT2D eigenvalue weighted by molar-refractivity contribution is 7.92. The molecular weight excluding hydrogens is 274 g/mol. The Morgan fingerprint density at radius 2 is 1.95 bits per heavy atom. The van der Waals surface area contributed by atoms with Crippen LogP contribution in [0, 0.1) is 5.92 Å². The van der Waals surface area contributed by atoms with Crippen molar-refractivity contribution in [3.8, 4) is 0 Å². The van der Waals surface area contributed by atoms with Gasteiger partial charge in [-0.2, -0.15) is 0 Å². The summed E-state index contributed by atoms with van der Waals surface area (Å²) in [6, 6.07) is 9.04. The average molecular weight is 297 g/mol. The highest BCUT2D eigenvalue weighted by Crippen LogP contribution is 2.33. The van der Waals surface area contributed by atoms with Gasteiger partial charge >= 0.3 is 0 Å². The fourth-order valence-corrected chi connectivity index (χ4v) is 3.82. The Morgan fingerprint density at radius 3 is 2.50 bits per heavy atom. The molecule has 0 heterocycles. The summed E-state index contributed by atoms with van der Waals surface area (Å²) in [4.78, 5) is 0. The molecule has 0 amide bonds. The van der Waals surface area contributed by atoms with Gasteiger partial charge in [-0.25, -0.2) is 8.42 Å². The zero-order valence-electron chi connectivity index (χ0n) is 11.9. The zero-order valence-corrected chi connectivity index (χ0v) is 12.7. The first-order chi connectivity index (χ1) is 9.53. The van der Waals surface area contributed by atoms with Gasteiger partial charge in [-0.3, -0.25) is 4.31 Å². The predicted octanol–water partition coefficient (Wildman–Crippen LogP) is 2.39. The van der Waals surface area contributed by atoms with Crippen LogP contribution in [-0.4, -0.2) is 31.9 Å². The number of hydrogen-bond donors (Lipinski definition) is 1. The maximum atomic E-state index is 12.5. The van der Waals surface area contributed by atoms with Crippen molar-refractivity contribution in [3.63, 3.8) is 0 Å². The lowest BCUT2D eigenvalue weighted by molar-refractivity contribution is 0.179. The lowest BCUT2D eigenvalue weighted by atomic mass is 10.2. The van der Waals surface area contributed by atoms with Crippen LogP contribution in [0.15, 0.2) is 30.3 Å². The van der Waals surface area contributed by atoms with E-state index in [1.54, 1.807) is 12.1 Å². The third kappa shape index (κ3) is 4.21. The molecule has 0 saturated heterocycles. The van der Waals surface area contributed by atoms with Crippen LogP contribution in [0.1, 0.15) is 32.6 Å². The largest absolute Gasteiger partial charge is 0.391 e. The van der Waals surface area contributed by atoms with Crippen molar-refractivity contribution >= 4 is 15.7 Å². The monoisotopic (exact) mass is 297 g/mol. The Balaban J connectivity index is 2.15.